The van der Waals surface area contributed by atoms with E-state index in [0.29, 0.717) is 19.6 Å². The molecule has 4 amide bonds. The second-order valence-electron chi connectivity index (χ2n) is 8.65. The average Bonchev–Trinajstić information content (AvgIpc) is 3.02. The molecule has 0 radical (unpaired) electrons. The lowest BCUT2D eigenvalue weighted by Crippen LogP contribution is -2.54. The van der Waals surface area contributed by atoms with Crippen LogP contribution in [0.4, 0.5) is 10.5 Å². The van der Waals surface area contributed by atoms with Crippen molar-refractivity contribution in [1.82, 2.24) is 14.5 Å². The van der Waals surface area contributed by atoms with Gasteiger partial charge in [0.15, 0.2) is 0 Å². The van der Waals surface area contributed by atoms with Crippen molar-refractivity contribution in [2.45, 2.75) is 43.0 Å². The highest BCUT2D eigenvalue weighted by atomic mass is 35.5. The Morgan fingerprint density at radius 2 is 2.00 bits per heavy atom. The van der Waals surface area contributed by atoms with E-state index in [1.807, 2.05) is 6.92 Å². The summed E-state index contributed by atoms with van der Waals surface area (Å²) in [6, 6.07) is 3.55. The number of ether oxygens (including phenoxy) is 1. The van der Waals surface area contributed by atoms with Gasteiger partial charge in [-0.25, -0.2) is 13.2 Å². The molecule has 0 unspecified atom stereocenters. The maximum atomic E-state index is 13.0. The molecule has 2 aliphatic heterocycles. The van der Waals surface area contributed by atoms with Crippen molar-refractivity contribution in [1.29, 1.82) is 0 Å². The minimum atomic E-state index is -3.87. The molecule has 1 spiro atoms. The third-order valence-corrected chi connectivity index (χ3v) is 8.99. The van der Waals surface area contributed by atoms with Crippen LogP contribution in [-0.2, 0) is 24.3 Å². The Hall–Kier alpha value is -2.21. The van der Waals surface area contributed by atoms with Crippen LogP contribution in [0.25, 0.3) is 0 Å². The summed E-state index contributed by atoms with van der Waals surface area (Å²) in [6.07, 6.45) is 3.22. The molecule has 2 atom stereocenters. The molecule has 2 heterocycles. The van der Waals surface area contributed by atoms with Crippen LogP contribution in [0, 0.1) is 5.92 Å². The van der Waals surface area contributed by atoms with E-state index in [1.54, 1.807) is 0 Å². The number of anilines is 1. The number of sulfonamides is 1. The zero-order valence-corrected chi connectivity index (χ0v) is 19.9. The van der Waals surface area contributed by atoms with E-state index in [4.69, 9.17) is 16.3 Å². The summed E-state index contributed by atoms with van der Waals surface area (Å²) in [5.74, 6) is -1.02. The summed E-state index contributed by atoms with van der Waals surface area (Å²) in [5.41, 5.74) is -0.751. The van der Waals surface area contributed by atoms with E-state index in [2.05, 4.69) is 10.6 Å². The van der Waals surface area contributed by atoms with Crippen molar-refractivity contribution >= 4 is 45.2 Å². The van der Waals surface area contributed by atoms with E-state index >= 15 is 0 Å². The van der Waals surface area contributed by atoms with Crippen LogP contribution >= 0.6 is 11.6 Å². The SMILES string of the molecule is C[C@@H]1CCCC[C@@]12NC(=O)N(CC(=O)Nc1ccc(Cl)c(S(=O)(=O)N3CCOCC3)c1)C2=O. The van der Waals surface area contributed by atoms with Gasteiger partial charge in [0.25, 0.3) is 5.91 Å². The number of nitrogens with zero attached hydrogens (tertiary/aromatic N) is 2. The summed E-state index contributed by atoms with van der Waals surface area (Å²) in [4.78, 5) is 39.0. The molecule has 1 saturated carbocycles. The Morgan fingerprint density at radius 3 is 2.70 bits per heavy atom. The number of amides is 4. The van der Waals surface area contributed by atoms with Gasteiger partial charge in [0.05, 0.1) is 18.2 Å². The second-order valence-corrected chi connectivity index (χ2v) is 11.0. The van der Waals surface area contributed by atoms with E-state index in [1.165, 1.54) is 22.5 Å². The molecule has 2 saturated heterocycles. The first kappa shape index (κ1) is 23.9. The van der Waals surface area contributed by atoms with Crippen LogP contribution in [0.3, 0.4) is 0 Å². The normalized spacial score (nSPS) is 26.5. The van der Waals surface area contributed by atoms with Crippen LogP contribution in [0.5, 0.6) is 0 Å². The minimum absolute atomic E-state index is 0.0139. The van der Waals surface area contributed by atoms with Crippen LogP contribution in [0.2, 0.25) is 5.02 Å². The molecule has 0 bridgehead atoms. The highest BCUT2D eigenvalue weighted by Gasteiger charge is 2.55. The molecular formula is C21H27ClN4O6S. The fourth-order valence-electron chi connectivity index (χ4n) is 4.69. The van der Waals surface area contributed by atoms with Gasteiger partial charge in [-0.3, -0.25) is 14.5 Å². The molecule has 1 aliphatic carbocycles. The predicted molar refractivity (Wildman–Crippen MR) is 120 cm³/mol. The Labute approximate surface area is 197 Å². The zero-order chi connectivity index (χ0) is 23.8. The molecule has 1 aromatic rings. The summed E-state index contributed by atoms with van der Waals surface area (Å²) in [5, 5.41) is 5.41. The smallest absolute Gasteiger partial charge is 0.325 e. The van der Waals surface area contributed by atoms with Crippen LogP contribution in [0.1, 0.15) is 32.6 Å². The number of imide groups is 1. The molecule has 12 heteroatoms. The first-order valence-corrected chi connectivity index (χ1v) is 12.8. The molecule has 3 fully saturated rings. The van der Waals surface area contributed by atoms with Crippen LogP contribution in [-0.4, -0.2) is 73.9 Å². The standard InChI is InChI=1S/C21H27ClN4O6S/c1-14-4-2-3-7-21(14)19(28)26(20(29)24-21)13-18(27)23-15-5-6-16(22)17(12-15)33(30,31)25-8-10-32-11-9-25/h5-6,12,14H,2-4,7-11,13H2,1H3,(H,23,27)(H,24,29)/t14-,21-/m1/s1. The van der Waals surface area contributed by atoms with Gasteiger partial charge >= 0.3 is 6.03 Å². The zero-order valence-electron chi connectivity index (χ0n) is 18.3. The molecule has 1 aromatic carbocycles. The number of nitrogens with one attached hydrogen (secondary N) is 2. The van der Waals surface area contributed by atoms with Gasteiger partial charge in [-0.05, 0) is 37.0 Å². The number of hydrogen-bond acceptors (Lipinski definition) is 6. The van der Waals surface area contributed by atoms with Crippen molar-refractivity contribution in [3.05, 3.63) is 23.2 Å². The fourth-order valence-corrected chi connectivity index (χ4v) is 6.60. The largest absolute Gasteiger partial charge is 0.379 e. The van der Waals surface area contributed by atoms with Gasteiger partial charge < -0.3 is 15.4 Å². The molecule has 33 heavy (non-hydrogen) atoms. The van der Waals surface area contributed by atoms with Gasteiger partial charge in [0.2, 0.25) is 15.9 Å². The molecular weight excluding hydrogens is 472 g/mol. The lowest BCUT2D eigenvalue weighted by molar-refractivity contribution is -0.136. The first-order chi connectivity index (χ1) is 15.6. The van der Waals surface area contributed by atoms with Gasteiger partial charge in [-0.1, -0.05) is 31.4 Å². The third kappa shape index (κ3) is 4.46. The Kier molecular flexibility index (Phi) is 6.68. The highest BCUT2D eigenvalue weighted by molar-refractivity contribution is 7.89. The van der Waals surface area contributed by atoms with Gasteiger partial charge in [0, 0.05) is 18.8 Å². The van der Waals surface area contributed by atoms with Gasteiger partial charge in [-0.2, -0.15) is 4.31 Å². The Balaban J connectivity index is 1.47. The van der Waals surface area contributed by atoms with E-state index in [9.17, 15) is 22.8 Å². The number of halogens is 1. The summed E-state index contributed by atoms with van der Waals surface area (Å²) >= 11 is 6.15. The first-order valence-electron chi connectivity index (χ1n) is 11.0. The third-order valence-electron chi connectivity index (χ3n) is 6.61. The van der Waals surface area contributed by atoms with Gasteiger partial charge in [-0.15, -0.1) is 0 Å². The summed E-state index contributed by atoms with van der Waals surface area (Å²) in [7, 11) is -3.87. The number of carbonyl (C=O) groups is 3. The van der Waals surface area contributed by atoms with Crippen LogP contribution in [0.15, 0.2) is 23.1 Å². The predicted octanol–water partition coefficient (Wildman–Crippen LogP) is 1.80. The molecule has 4 rings (SSSR count). The van der Waals surface area contributed by atoms with E-state index < -0.39 is 34.0 Å². The van der Waals surface area contributed by atoms with Crippen molar-refractivity contribution in [2.75, 3.05) is 38.2 Å². The van der Waals surface area contributed by atoms with Crippen molar-refractivity contribution in [3.63, 3.8) is 0 Å². The lowest BCUT2D eigenvalue weighted by atomic mass is 9.73. The number of hydrogen-bond donors (Lipinski definition) is 2. The molecule has 10 nitrogen and oxygen atoms in total. The van der Waals surface area contributed by atoms with Crippen molar-refractivity contribution in [2.24, 2.45) is 5.92 Å². The van der Waals surface area contributed by atoms with Crippen LogP contribution < -0.4 is 10.6 Å². The number of morpholine rings is 1. The molecule has 3 aliphatic rings. The molecule has 2 N–H and O–H groups in total. The Bertz CT molecular complexity index is 1070. The maximum Gasteiger partial charge on any atom is 0.325 e. The number of carbonyl (C=O) groups excluding carboxylic acids is 3. The summed E-state index contributed by atoms with van der Waals surface area (Å²) < 4.78 is 32.4. The minimum Gasteiger partial charge on any atom is -0.379 e. The second kappa shape index (κ2) is 9.21. The van der Waals surface area contributed by atoms with Crippen molar-refractivity contribution in [3.8, 4) is 0 Å². The van der Waals surface area contributed by atoms with Gasteiger partial charge in [0.1, 0.15) is 17.0 Å². The van der Waals surface area contributed by atoms with Crippen molar-refractivity contribution < 1.29 is 27.5 Å². The van der Waals surface area contributed by atoms with E-state index in [-0.39, 0.29) is 40.5 Å². The maximum absolute atomic E-state index is 13.0. The topological polar surface area (TPSA) is 125 Å². The average molecular weight is 499 g/mol. The number of urea groups is 1. The fraction of sp³-hybridized carbons (Fsp3) is 0.571. The highest BCUT2D eigenvalue weighted by Crippen LogP contribution is 2.38. The monoisotopic (exact) mass is 498 g/mol. The lowest BCUT2D eigenvalue weighted by Gasteiger charge is -2.36. The number of rotatable bonds is 5. The molecule has 180 valence electrons. The summed E-state index contributed by atoms with van der Waals surface area (Å²) in [6.45, 7) is 2.47. The quantitative estimate of drug-likeness (QED) is 0.596. The molecule has 0 aromatic heterocycles. The number of benzene rings is 1. The van der Waals surface area contributed by atoms with E-state index in [0.717, 1.165) is 24.2 Å². The Morgan fingerprint density at radius 1 is 1.27 bits per heavy atom.